The van der Waals surface area contributed by atoms with Crippen molar-refractivity contribution in [1.82, 2.24) is 4.90 Å². The van der Waals surface area contributed by atoms with Crippen LogP contribution in [0.5, 0.6) is 11.5 Å². The Morgan fingerprint density at radius 3 is 2.90 bits per heavy atom. The Morgan fingerprint density at radius 1 is 1.29 bits per heavy atom. The Labute approximate surface area is 121 Å². The highest BCUT2D eigenvalue weighted by Crippen LogP contribution is 2.32. The number of hydrogen-bond donors (Lipinski definition) is 1. The van der Waals surface area contributed by atoms with Gasteiger partial charge in [0.15, 0.2) is 11.5 Å². The number of carbonyl (C=O) groups excluding carboxylic acids is 1. The van der Waals surface area contributed by atoms with Gasteiger partial charge in [0.1, 0.15) is 6.04 Å². The number of benzene rings is 1. The van der Waals surface area contributed by atoms with Crippen molar-refractivity contribution >= 4 is 18.0 Å². The summed E-state index contributed by atoms with van der Waals surface area (Å²) in [5.41, 5.74) is 0.804. The number of carboxylic acid groups (broad SMARTS) is 1. The zero-order valence-electron chi connectivity index (χ0n) is 11.3. The zero-order valence-corrected chi connectivity index (χ0v) is 11.3. The lowest BCUT2D eigenvalue weighted by molar-refractivity contribution is -0.146. The highest BCUT2D eigenvalue weighted by Gasteiger charge is 2.32. The lowest BCUT2D eigenvalue weighted by Crippen LogP contribution is -2.39. The molecular weight excluding hydrogens is 274 g/mol. The molecule has 3 rings (SSSR count). The summed E-state index contributed by atoms with van der Waals surface area (Å²) in [4.78, 5) is 24.6. The molecule has 1 aromatic rings. The Kier molecular flexibility index (Phi) is 3.51. The van der Waals surface area contributed by atoms with Crippen LogP contribution in [0.1, 0.15) is 18.4 Å². The third kappa shape index (κ3) is 2.69. The number of amides is 1. The van der Waals surface area contributed by atoms with Crippen LogP contribution in [-0.4, -0.2) is 41.3 Å². The highest BCUT2D eigenvalue weighted by molar-refractivity contribution is 5.94. The highest BCUT2D eigenvalue weighted by atomic mass is 16.7. The summed E-state index contributed by atoms with van der Waals surface area (Å²) in [6.45, 7) is 0.691. The molecule has 0 bridgehead atoms. The van der Waals surface area contributed by atoms with E-state index in [1.54, 1.807) is 18.2 Å². The van der Waals surface area contributed by atoms with Gasteiger partial charge in [0.25, 0.3) is 0 Å². The molecule has 0 aliphatic carbocycles. The Bertz CT molecular complexity index is 610. The van der Waals surface area contributed by atoms with Crippen LogP contribution in [-0.2, 0) is 9.59 Å². The fraction of sp³-hybridized carbons (Fsp3) is 0.333. The molecule has 1 aromatic carbocycles. The van der Waals surface area contributed by atoms with Gasteiger partial charge in [-0.25, -0.2) is 4.79 Å². The number of hydrogen-bond acceptors (Lipinski definition) is 4. The largest absolute Gasteiger partial charge is 0.480 e. The molecule has 0 aromatic heterocycles. The molecule has 1 saturated heterocycles. The van der Waals surface area contributed by atoms with Gasteiger partial charge < -0.3 is 19.5 Å². The zero-order chi connectivity index (χ0) is 14.8. The minimum Gasteiger partial charge on any atom is -0.480 e. The normalized spacial score (nSPS) is 20.2. The molecule has 6 nitrogen and oxygen atoms in total. The van der Waals surface area contributed by atoms with Crippen LogP contribution < -0.4 is 9.47 Å². The van der Waals surface area contributed by atoms with Crippen molar-refractivity contribution < 1.29 is 24.2 Å². The standard InChI is InChI=1S/C15H15NO5/c17-14(16-7-1-2-11(16)15(18)19)6-4-10-3-5-12-13(8-10)21-9-20-12/h3-6,8,11H,1-2,7,9H2,(H,18,19)/b6-4+. The van der Waals surface area contributed by atoms with Gasteiger partial charge in [-0.2, -0.15) is 0 Å². The molecule has 1 fully saturated rings. The van der Waals surface area contributed by atoms with Crippen LogP contribution >= 0.6 is 0 Å². The van der Waals surface area contributed by atoms with Gasteiger partial charge in [-0.05, 0) is 36.6 Å². The van der Waals surface area contributed by atoms with Crippen LogP contribution in [0.2, 0.25) is 0 Å². The summed E-state index contributed by atoms with van der Waals surface area (Å²) in [6.07, 6.45) is 4.29. The average molecular weight is 289 g/mol. The molecule has 110 valence electrons. The SMILES string of the molecule is O=C(O)C1CCCN1C(=O)/C=C/c1ccc2c(c1)OCO2. The third-order valence-corrected chi connectivity index (χ3v) is 3.64. The minimum absolute atomic E-state index is 0.204. The first kappa shape index (κ1) is 13.5. The summed E-state index contributed by atoms with van der Waals surface area (Å²) in [5, 5.41) is 9.08. The summed E-state index contributed by atoms with van der Waals surface area (Å²) in [5.74, 6) is 0.105. The van der Waals surface area contributed by atoms with Crippen LogP contribution in [0.15, 0.2) is 24.3 Å². The first-order valence-electron chi connectivity index (χ1n) is 6.76. The van der Waals surface area contributed by atoms with Gasteiger partial charge in [0, 0.05) is 12.6 Å². The second-order valence-corrected chi connectivity index (χ2v) is 4.97. The molecule has 6 heteroatoms. The van der Waals surface area contributed by atoms with E-state index in [2.05, 4.69) is 0 Å². The van der Waals surface area contributed by atoms with Crippen molar-refractivity contribution in [3.63, 3.8) is 0 Å². The number of carbonyl (C=O) groups is 2. The lowest BCUT2D eigenvalue weighted by Gasteiger charge is -2.19. The van der Waals surface area contributed by atoms with E-state index in [0.717, 1.165) is 12.0 Å². The second kappa shape index (κ2) is 5.47. The van der Waals surface area contributed by atoms with E-state index in [4.69, 9.17) is 14.6 Å². The minimum atomic E-state index is -0.947. The van der Waals surface area contributed by atoms with E-state index in [1.165, 1.54) is 11.0 Å². The number of aliphatic carboxylic acids is 1. The second-order valence-electron chi connectivity index (χ2n) is 4.97. The monoisotopic (exact) mass is 289 g/mol. The maximum absolute atomic E-state index is 12.1. The topological polar surface area (TPSA) is 76.1 Å². The molecule has 21 heavy (non-hydrogen) atoms. The van der Waals surface area contributed by atoms with E-state index < -0.39 is 12.0 Å². The summed E-state index contributed by atoms with van der Waals surface area (Å²) >= 11 is 0. The van der Waals surface area contributed by atoms with Crippen molar-refractivity contribution in [3.05, 3.63) is 29.8 Å². The van der Waals surface area contributed by atoms with E-state index in [0.29, 0.717) is 24.5 Å². The molecule has 1 atom stereocenters. The van der Waals surface area contributed by atoms with Crippen molar-refractivity contribution in [2.45, 2.75) is 18.9 Å². The van der Waals surface area contributed by atoms with Gasteiger partial charge in [0.05, 0.1) is 0 Å². The van der Waals surface area contributed by atoms with Crippen molar-refractivity contribution in [3.8, 4) is 11.5 Å². The summed E-state index contributed by atoms with van der Waals surface area (Å²) < 4.78 is 10.5. The van der Waals surface area contributed by atoms with Crippen LogP contribution in [0.4, 0.5) is 0 Å². The molecule has 2 heterocycles. The van der Waals surface area contributed by atoms with Gasteiger partial charge in [0.2, 0.25) is 12.7 Å². The maximum Gasteiger partial charge on any atom is 0.326 e. The first-order chi connectivity index (χ1) is 10.1. The number of nitrogens with zero attached hydrogens (tertiary/aromatic N) is 1. The molecule has 1 N–H and O–H groups in total. The van der Waals surface area contributed by atoms with Gasteiger partial charge >= 0.3 is 5.97 Å². The van der Waals surface area contributed by atoms with Crippen LogP contribution in [0, 0.1) is 0 Å². The van der Waals surface area contributed by atoms with E-state index >= 15 is 0 Å². The van der Waals surface area contributed by atoms with Crippen LogP contribution in [0.25, 0.3) is 6.08 Å². The number of fused-ring (bicyclic) bond motifs is 1. The Balaban J connectivity index is 1.71. The third-order valence-electron chi connectivity index (χ3n) is 3.64. The average Bonchev–Trinajstić information content (AvgIpc) is 3.12. The Morgan fingerprint density at radius 2 is 2.10 bits per heavy atom. The molecule has 1 unspecified atom stereocenters. The van der Waals surface area contributed by atoms with Gasteiger partial charge in [-0.15, -0.1) is 0 Å². The van der Waals surface area contributed by atoms with Crippen molar-refractivity contribution in [2.75, 3.05) is 13.3 Å². The molecular formula is C15H15NO5. The molecule has 0 spiro atoms. The maximum atomic E-state index is 12.1. The predicted molar refractivity (Wildman–Crippen MR) is 74.0 cm³/mol. The predicted octanol–water partition coefficient (Wildman–Crippen LogP) is 1.50. The van der Waals surface area contributed by atoms with Crippen molar-refractivity contribution in [2.24, 2.45) is 0 Å². The van der Waals surface area contributed by atoms with Crippen molar-refractivity contribution in [1.29, 1.82) is 0 Å². The smallest absolute Gasteiger partial charge is 0.326 e. The lowest BCUT2D eigenvalue weighted by atomic mass is 10.2. The fourth-order valence-corrected chi connectivity index (χ4v) is 2.57. The summed E-state index contributed by atoms with van der Waals surface area (Å²) in [6, 6.07) is 4.67. The van der Waals surface area contributed by atoms with Gasteiger partial charge in [-0.3, -0.25) is 4.79 Å². The van der Waals surface area contributed by atoms with Crippen LogP contribution in [0.3, 0.4) is 0 Å². The molecule has 2 aliphatic rings. The number of likely N-dealkylation sites (tertiary alicyclic amines) is 1. The summed E-state index contributed by atoms with van der Waals surface area (Å²) in [7, 11) is 0. The number of ether oxygens (including phenoxy) is 2. The van der Waals surface area contributed by atoms with Gasteiger partial charge in [-0.1, -0.05) is 6.07 Å². The molecule has 2 aliphatic heterocycles. The first-order valence-corrected chi connectivity index (χ1v) is 6.76. The quantitative estimate of drug-likeness (QED) is 0.853. The number of rotatable bonds is 3. The molecule has 1 amide bonds. The molecule has 0 radical (unpaired) electrons. The Hall–Kier alpha value is -2.50. The van der Waals surface area contributed by atoms with E-state index in [-0.39, 0.29) is 12.7 Å². The molecule has 0 saturated carbocycles. The van der Waals surface area contributed by atoms with E-state index in [9.17, 15) is 9.59 Å². The van der Waals surface area contributed by atoms with E-state index in [1.807, 2.05) is 6.07 Å². The fourth-order valence-electron chi connectivity index (χ4n) is 2.57. The number of carboxylic acids is 1.